The second-order valence-corrected chi connectivity index (χ2v) is 2.92. The number of rotatable bonds is 3. The fourth-order valence-corrected chi connectivity index (χ4v) is 1.47. The molecule has 1 heterocycles. The van der Waals surface area contributed by atoms with Crippen LogP contribution in [0.4, 0.5) is 8.78 Å². The molecule has 0 aromatic carbocycles. The number of nitrogens with zero attached hydrogens (tertiary/aromatic N) is 1. The normalized spacial score (nSPS) is 9.83. The topological polar surface area (TPSA) is 33.0 Å². The zero-order valence-corrected chi connectivity index (χ0v) is 6.78. The molecule has 1 aromatic heterocycles. The van der Waals surface area contributed by atoms with Crippen LogP contribution in [-0.4, -0.2) is 6.61 Å². The van der Waals surface area contributed by atoms with Crippen LogP contribution in [0.1, 0.15) is 4.88 Å². The molecule has 0 bridgehead atoms. The Morgan fingerprint density at radius 3 is 3.00 bits per heavy atom. The molecule has 12 heavy (non-hydrogen) atoms. The van der Waals surface area contributed by atoms with Gasteiger partial charge in [0.2, 0.25) is 0 Å². The van der Waals surface area contributed by atoms with Gasteiger partial charge in [-0.25, -0.2) is 0 Å². The molecule has 64 valence electrons. The molecule has 0 spiro atoms. The van der Waals surface area contributed by atoms with Gasteiger partial charge in [-0.2, -0.15) is 14.0 Å². The molecule has 0 amide bonds. The quantitative estimate of drug-likeness (QED) is 0.731. The van der Waals surface area contributed by atoms with Crippen molar-refractivity contribution in [2.75, 3.05) is 0 Å². The number of ether oxygens (including phenoxy) is 1. The molecule has 0 unspecified atom stereocenters. The molecule has 0 aliphatic rings. The van der Waals surface area contributed by atoms with Crippen LogP contribution in [-0.2, 0) is 6.42 Å². The largest absolute Gasteiger partial charge is 0.434 e. The van der Waals surface area contributed by atoms with Crippen LogP contribution in [0.2, 0.25) is 0 Å². The summed E-state index contributed by atoms with van der Waals surface area (Å²) < 4.78 is 27.6. The average Bonchev–Trinajstić information content (AvgIpc) is 2.37. The first-order valence-electron chi connectivity index (χ1n) is 3.12. The zero-order chi connectivity index (χ0) is 8.97. The lowest BCUT2D eigenvalue weighted by Crippen LogP contribution is -2.02. The maximum absolute atomic E-state index is 11.7. The molecule has 1 rings (SSSR count). The first-order chi connectivity index (χ1) is 5.74. The SMILES string of the molecule is N#CCc1sccc1OC(F)F. The first kappa shape index (κ1) is 8.94. The Kier molecular flexibility index (Phi) is 3.00. The highest BCUT2D eigenvalue weighted by molar-refractivity contribution is 7.10. The molecule has 0 aliphatic carbocycles. The summed E-state index contributed by atoms with van der Waals surface area (Å²) in [6, 6.07) is 3.30. The van der Waals surface area contributed by atoms with E-state index < -0.39 is 6.61 Å². The minimum Gasteiger partial charge on any atom is -0.434 e. The monoisotopic (exact) mass is 189 g/mol. The van der Waals surface area contributed by atoms with E-state index in [1.165, 1.54) is 17.4 Å². The fraction of sp³-hybridized carbons (Fsp3) is 0.286. The van der Waals surface area contributed by atoms with Crippen LogP contribution in [0.3, 0.4) is 0 Å². The van der Waals surface area contributed by atoms with E-state index in [9.17, 15) is 8.78 Å². The van der Waals surface area contributed by atoms with E-state index in [4.69, 9.17) is 5.26 Å². The van der Waals surface area contributed by atoms with Gasteiger partial charge in [-0.05, 0) is 11.4 Å². The minimum atomic E-state index is -2.82. The first-order valence-corrected chi connectivity index (χ1v) is 4.00. The molecule has 1 aromatic rings. The Hall–Kier alpha value is -1.15. The molecule has 0 atom stereocenters. The van der Waals surface area contributed by atoms with Crippen molar-refractivity contribution in [3.8, 4) is 11.8 Å². The molecule has 0 N–H and O–H groups in total. The Bertz CT molecular complexity index is 292. The van der Waals surface area contributed by atoms with Gasteiger partial charge < -0.3 is 4.74 Å². The summed E-state index contributed by atoms with van der Waals surface area (Å²) in [4.78, 5) is 0.540. The lowest BCUT2D eigenvalue weighted by molar-refractivity contribution is -0.0500. The van der Waals surface area contributed by atoms with Crippen molar-refractivity contribution in [1.82, 2.24) is 0 Å². The highest BCUT2D eigenvalue weighted by atomic mass is 32.1. The van der Waals surface area contributed by atoms with E-state index >= 15 is 0 Å². The van der Waals surface area contributed by atoms with E-state index in [0.717, 1.165) is 0 Å². The number of hydrogen-bond acceptors (Lipinski definition) is 3. The summed E-state index contributed by atoms with van der Waals surface area (Å²) in [5.41, 5.74) is 0. The van der Waals surface area contributed by atoms with Crippen LogP contribution < -0.4 is 4.74 Å². The van der Waals surface area contributed by atoms with Crippen molar-refractivity contribution in [3.63, 3.8) is 0 Å². The van der Waals surface area contributed by atoms with Crippen molar-refractivity contribution in [3.05, 3.63) is 16.3 Å². The second kappa shape index (κ2) is 4.02. The third-order valence-corrected chi connectivity index (χ3v) is 2.06. The van der Waals surface area contributed by atoms with Gasteiger partial charge in [0.1, 0.15) is 5.75 Å². The van der Waals surface area contributed by atoms with E-state index in [2.05, 4.69) is 4.74 Å². The summed E-state index contributed by atoms with van der Waals surface area (Å²) in [6.45, 7) is -2.82. The second-order valence-electron chi connectivity index (χ2n) is 1.92. The van der Waals surface area contributed by atoms with Crippen molar-refractivity contribution < 1.29 is 13.5 Å². The summed E-state index contributed by atoms with van der Waals surface area (Å²) in [7, 11) is 0. The van der Waals surface area contributed by atoms with Gasteiger partial charge in [0.15, 0.2) is 0 Å². The molecule has 0 fully saturated rings. The van der Waals surface area contributed by atoms with Gasteiger partial charge in [0.05, 0.1) is 17.4 Å². The molecular formula is C7H5F2NOS. The smallest absolute Gasteiger partial charge is 0.387 e. The van der Waals surface area contributed by atoms with Crippen molar-refractivity contribution in [2.45, 2.75) is 13.0 Å². The fourth-order valence-electron chi connectivity index (χ4n) is 0.731. The third-order valence-electron chi connectivity index (χ3n) is 1.16. The van der Waals surface area contributed by atoms with E-state index in [0.29, 0.717) is 4.88 Å². The molecule has 0 saturated heterocycles. The van der Waals surface area contributed by atoms with E-state index in [-0.39, 0.29) is 12.2 Å². The average molecular weight is 189 g/mol. The number of hydrogen-bond donors (Lipinski definition) is 0. The van der Waals surface area contributed by atoms with Crippen molar-refractivity contribution >= 4 is 11.3 Å². The molecule has 5 heteroatoms. The Morgan fingerprint density at radius 1 is 1.67 bits per heavy atom. The molecule has 0 aliphatic heterocycles. The Balaban J connectivity index is 2.71. The molecule has 0 saturated carbocycles. The predicted molar refractivity (Wildman–Crippen MR) is 40.3 cm³/mol. The summed E-state index contributed by atoms with van der Waals surface area (Å²) in [6.07, 6.45) is 0.111. The predicted octanol–water partition coefficient (Wildman–Crippen LogP) is 2.42. The van der Waals surface area contributed by atoms with Gasteiger partial charge in [0, 0.05) is 0 Å². The van der Waals surface area contributed by atoms with Crippen molar-refractivity contribution in [2.24, 2.45) is 0 Å². The maximum Gasteiger partial charge on any atom is 0.387 e. The Morgan fingerprint density at radius 2 is 2.42 bits per heavy atom. The van der Waals surface area contributed by atoms with E-state index in [1.807, 2.05) is 6.07 Å². The van der Waals surface area contributed by atoms with Gasteiger partial charge in [-0.3, -0.25) is 0 Å². The van der Waals surface area contributed by atoms with Gasteiger partial charge in [-0.1, -0.05) is 0 Å². The van der Waals surface area contributed by atoms with Gasteiger partial charge in [-0.15, -0.1) is 11.3 Å². The number of nitriles is 1. The maximum atomic E-state index is 11.7. The lowest BCUT2D eigenvalue weighted by Gasteiger charge is -2.02. The van der Waals surface area contributed by atoms with Crippen LogP contribution in [0.5, 0.6) is 5.75 Å². The molecule has 2 nitrogen and oxygen atoms in total. The van der Waals surface area contributed by atoms with Crippen LogP contribution >= 0.6 is 11.3 Å². The van der Waals surface area contributed by atoms with Crippen molar-refractivity contribution in [1.29, 1.82) is 5.26 Å². The summed E-state index contributed by atoms with van der Waals surface area (Å²) in [5, 5.41) is 9.93. The highest BCUT2D eigenvalue weighted by Crippen LogP contribution is 2.26. The summed E-state index contributed by atoms with van der Waals surface area (Å²) in [5.74, 6) is 0.108. The third kappa shape index (κ3) is 2.17. The highest BCUT2D eigenvalue weighted by Gasteiger charge is 2.09. The Labute approximate surface area is 72.0 Å². The standard InChI is InChI=1S/C7H5F2NOS/c8-7(9)11-5-2-4-12-6(5)1-3-10/h2,4,7H,1H2. The number of thiophene rings is 1. The summed E-state index contributed by atoms with van der Waals surface area (Å²) >= 11 is 1.24. The number of halogens is 2. The van der Waals surface area contributed by atoms with Crippen LogP contribution in [0.25, 0.3) is 0 Å². The van der Waals surface area contributed by atoms with Crippen LogP contribution in [0.15, 0.2) is 11.4 Å². The van der Waals surface area contributed by atoms with Gasteiger partial charge in [0.25, 0.3) is 0 Å². The molecular weight excluding hydrogens is 184 g/mol. The van der Waals surface area contributed by atoms with Crippen LogP contribution in [0, 0.1) is 11.3 Å². The lowest BCUT2D eigenvalue weighted by atomic mass is 10.3. The molecule has 0 radical (unpaired) electrons. The van der Waals surface area contributed by atoms with Gasteiger partial charge >= 0.3 is 6.61 Å². The number of alkyl halides is 2. The zero-order valence-electron chi connectivity index (χ0n) is 5.96. The van der Waals surface area contributed by atoms with E-state index in [1.54, 1.807) is 5.38 Å². The minimum absolute atomic E-state index is 0.108.